The summed E-state index contributed by atoms with van der Waals surface area (Å²) in [6.45, 7) is 1.66. The number of urea groups is 1. The molecule has 2 aromatic rings. The van der Waals surface area contributed by atoms with Crippen molar-refractivity contribution in [1.82, 2.24) is 4.90 Å². The number of anilines is 1. The predicted octanol–water partition coefficient (Wildman–Crippen LogP) is 5.73. The Hall–Kier alpha value is -1.41. The quantitative estimate of drug-likeness (QED) is 0.330. The van der Waals surface area contributed by atoms with Gasteiger partial charge in [-0.25, -0.2) is 9.69 Å². The maximum absolute atomic E-state index is 13.5. The second-order valence-corrected chi connectivity index (χ2v) is 11.1. The molecule has 1 saturated heterocycles. The van der Waals surface area contributed by atoms with Crippen molar-refractivity contribution in [3.8, 4) is 0 Å². The van der Waals surface area contributed by atoms with Gasteiger partial charge in [0.2, 0.25) is 0 Å². The number of hydrogen-bond donors (Lipinski definition) is 2. The van der Waals surface area contributed by atoms with Crippen LogP contribution in [-0.4, -0.2) is 44.9 Å². The topological polar surface area (TPSA) is 98.2 Å². The number of benzene rings is 2. The third-order valence-corrected chi connectivity index (χ3v) is 6.94. The molecule has 1 atom stereocenters. The molecule has 0 spiro atoms. The molecule has 0 bridgehead atoms. The lowest BCUT2D eigenvalue weighted by Gasteiger charge is -2.32. The standard InChI is InChI=1S/C20H20BrCl2N2O5P.CH4/c1-20(12-13-3-5-14(21)6-4-13)18(26)25(17-10-15(22)9-16(23)11-17)19(27)24(20)7-2-8-31(28,29)30;/h3-6,9-11H,2,7-8,12H2,1H3,(H2,28,29,30);1H4/t20-;/m1./s1. The highest BCUT2D eigenvalue weighted by atomic mass is 79.9. The van der Waals surface area contributed by atoms with Crippen LogP contribution in [0.4, 0.5) is 10.5 Å². The average Bonchev–Trinajstić information content (AvgIpc) is 2.82. The van der Waals surface area contributed by atoms with Gasteiger partial charge in [0, 0.05) is 27.5 Å². The van der Waals surface area contributed by atoms with Crippen molar-refractivity contribution in [2.75, 3.05) is 17.6 Å². The molecule has 3 amide bonds. The number of carbonyl (C=O) groups excluding carboxylic acids is 2. The van der Waals surface area contributed by atoms with Gasteiger partial charge in [0.05, 0.1) is 11.8 Å². The maximum Gasteiger partial charge on any atom is 0.332 e. The van der Waals surface area contributed by atoms with Gasteiger partial charge in [-0.15, -0.1) is 0 Å². The zero-order chi connectivity index (χ0) is 23.0. The van der Waals surface area contributed by atoms with E-state index >= 15 is 0 Å². The third kappa shape index (κ3) is 5.93. The summed E-state index contributed by atoms with van der Waals surface area (Å²) in [7, 11) is -4.23. The van der Waals surface area contributed by atoms with Gasteiger partial charge in [-0.1, -0.05) is 58.7 Å². The first-order valence-corrected chi connectivity index (χ1v) is 12.7. The second-order valence-electron chi connectivity index (χ2n) is 7.52. The van der Waals surface area contributed by atoms with E-state index in [1.54, 1.807) is 6.92 Å². The summed E-state index contributed by atoms with van der Waals surface area (Å²) in [5.41, 5.74) is -0.181. The van der Waals surface area contributed by atoms with Gasteiger partial charge in [-0.3, -0.25) is 9.36 Å². The Kier molecular flexibility index (Phi) is 8.59. The molecule has 1 fully saturated rings. The van der Waals surface area contributed by atoms with Crippen LogP contribution in [0.5, 0.6) is 0 Å². The van der Waals surface area contributed by atoms with Crippen LogP contribution in [0.25, 0.3) is 0 Å². The Morgan fingerprint density at radius 1 is 1.06 bits per heavy atom. The van der Waals surface area contributed by atoms with Crippen LogP contribution in [0, 0.1) is 0 Å². The highest BCUT2D eigenvalue weighted by Gasteiger charge is 2.54. The van der Waals surface area contributed by atoms with Crippen molar-refractivity contribution in [3.05, 3.63) is 62.5 Å². The van der Waals surface area contributed by atoms with E-state index in [1.807, 2.05) is 24.3 Å². The first-order valence-electron chi connectivity index (χ1n) is 9.32. The van der Waals surface area contributed by atoms with Crippen molar-refractivity contribution in [1.29, 1.82) is 0 Å². The fourth-order valence-corrected chi connectivity index (χ4v) is 4.95. The lowest BCUT2D eigenvalue weighted by molar-refractivity contribution is -0.124. The van der Waals surface area contributed by atoms with Crippen LogP contribution in [0.3, 0.4) is 0 Å². The fraction of sp³-hybridized carbons (Fsp3) is 0.333. The summed E-state index contributed by atoms with van der Waals surface area (Å²) in [5.74, 6) is -0.463. The number of halogens is 3. The Morgan fingerprint density at radius 2 is 1.62 bits per heavy atom. The zero-order valence-electron chi connectivity index (χ0n) is 16.5. The van der Waals surface area contributed by atoms with Gasteiger partial charge in [-0.2, -0.15) is 0 Å². The van der Waals surface area contributed by atoms with Gasteiger partial charge in [0.15, 0.2) is 0 Å². The Labute approximate surface area is 205 Å². The van der Waals surface area contributed by atoms with Crippen LogP contribution >= 0.6 is 46.7 Å². The van der Waals surface area contributed by atoms with E-state index in [4.69, 9.17) is 23.2 Å². The second kappa shape index (κ2) is 10.2. The van der Waals surface area contributed by atoms with Crippen molar-refractivity contribution in [2.24, 2.45) is 0 Å². The van der Waals surface area contributed by atoms with E-state index < -0.39 is 25.1 Å². The molecule has 11 heteroatoms. The van der Waals surface area contributed by atoms with E-state index in [9.17, 15) is 23.9 Å². The van der Waals surface area contributed by atoms with Gasteiger partial charge in [0.25, 0.3) is 5.91 Å². The summed E-state index contributed by atoms with van der Waals surface area (Å²) in [6.07, 6.45) is -0.114. The van der Waals surface area contributed by atoms with Gasteiger partial charge >= 0.3 is 13.6 Å². The monoisotopic (exact) mass is 564 g/mol. The summed E-state index contributed by atoms with van der Waals surface area (Å²) in [4.78, 5) is 47.6. The summed E-state index contributed by atoms with van der Waals surface area (Å²) in [6, 6.07) is 11.2. The largest absolute Gasteiger partial charge is 0.332 e. The highest BCUT2D eigenvalue weighted by molar-refractivity contribution is 9.10. The van der Waals surface area contributed by atoms with Gasteiger partial charge in [0.1, 0.15) is 5.54 Å². The molecule has 7 nitrogen and oxygen atoms in total. The van der Waals surface area contributed by atoms with Crippen LogP contribution < -0.4 is 4.90 Å². The summed E-state index contributed by atoms with van der Waals surface area (Å²) < 4.78 is 12.2. The molecule has 3 rings (SSSR count). The normalized spacial score (nSPS) is 18.8. The van der Waals surface area contributed by atoms with E-state index in [-0.39, 0.29) is 48.7 Å². The lowest BCUT2D eigenvalue weighted by atomic mass is 9.91. The van der Waals surface area contributed by atoms with E-state index in [2.05, 4.69) is 15.9 Å². The minimum atomic E-state index is -4.23. The molecule has 0 aromatic heterocycles. The number of nitrogens with zero attached hydrogens (tertiary/aromatic N) is 2. The Morgan fingerprint density at radius 3 is 2.16 bits per heavy atom. The SMILES string of the molecule is C.C[C@@]1(Cc2ccc(Br)cc2)C(=O)N(c2cc(Cl)cc(Cl)c2)C(=O)N1CCCP(=O)(O)O. The van der Waals surface area contributed by atoms with Crippen LogP contribution in [0.15, 0.2) is 46.9 Å². The molecule has 2 N–H and O–H groups in total. The van der Waals surface area contributed by atoms with E-state index in [1.165, 1.54) is 23.1 Å². The number of hydrogen-bond acceptors (Lipinski definition) is 3. The van der Waals surface area contributed by atoms with Crippen LogP contribution in [0.2, 0.25) is 10.0 Å². The molecule has 0 saturated carbocycles. The number of rotatable bonds is 7. The van der Waals surface area contributed by atoms with Crippen LogP contribution in [-0.2, 0) is 15.8 Å². The van der Waals surface area contributed by atoms with E-state index in [0.717, 1.165) is 14.9 Å². The smallest absolute Gasteiger partial charge is 0.324 e. The Bertz CT molecular complexity index is 1040. The van der Waals surface area contributed by atoms with Gasteiger partial charge in [-0.05, 0) is 49.2 Å². The average molecular weight is 566 g/mol. The molecule has 0 radical (unpaired) electrons. The zero-order valence-corrected chi connectivity index (χ0v) is 20.5. The van der Waals surface area contributed by atoms with Crippen molar-refractivity contribution < 1.29 is 23.9 Å². The fourth-order valence-electron chi connectivity index (χ4n) is 3.62. The Balaban J connectivity index is 0.00000363. The first kappa shape index (κ1) is 26.8. The predicted molar refractivity (Wildman–Crippen MR) is 131 cm³/mol. The van der Waals surface area contributed by atoms with Crippen molar-refractivity contribution in [2.45, 2.75) is 32.7 Å². The number of imide groups is 1. The molecule has 0 aliphatic carbocycles. The lowest BCUT2D eigenvalue weighted by Crippen LogP contribution is -2.49. The molecule has 174 valence electrons. The molecule has 0 unspecified atom stereocenters. The van der Waals surface area contributed by atoms with Crippen molar-refractivity contribution in [3.63, 3.8) is 0 Å². The number of amides is 3. The molecule has 1 aliphatic heterocycles. The number of carbonyl (C=O) groups is 2. The minimum Gasteiger partial charge on any atom is -0.324 e. The molecule has 32 heavy (non-hydrogen) atoms. The molecular formula is C21H24BrCl2N2O5P. The van der Waals surface area contributed by atoms with Crippen molar-refractivity contribution >= 4 is 64.4 Å². The maximum atomic E-state index is 13.5. The minimum absolute atomic E-state index is 0. The molecule has 1 aliphatic rings. The molecular weight excluding hydrogens is 542 g/mol. The summed E-state index contributed by atoms with van der Waals surface area (Å²) in [5, 5.41) is 0.551. The van der Waals surface area contributed by atoms with E-state index in [0.29, 0.717) is 0 Å². The highest BCUT2D eigenvalue weighted by Crippen LogP contribution is 2.39. The summed E-state index contributed by atoms with van der Waals surface area (Å²) >= 11 is 15.5. The molecule has 2 aromatic carbocycles. The molecule has 1 heterocycles. The van der Waals surface area contributed by atoms with Gasteiger partial charge < -0.3 is 14.7 Å². The van der Waals surface area contributed by atoms with Crippen LogP contribution in [0.1, 0.15) is 26.3 Å². The first-order chi connectivity index (χ1) is 14.4. The third-order valence-electron chi connectivity index (χ3n) is 5.08.